The quantitative estimate of drug-likeness (QED) is 0.524. The van der Waals surface area contributed by atoms with Crippen molar-refractivity contribution in [1.82, 2.24) is 30.4 Å². The molecule has 8 heteroatoms. The molecule has 0 amide bonds. The Balaban J connectivity index is 1.60. The second-order valence-electron chi connectivity index (χ2n) is 5.42. The minimum absolute atomic E-state index is 0.601. The highest BCUT2D eigenvalue weighted by atomic mass is 32.1. The summed E-state index contributed by atoms with van der Waals surface area (Å²) in [6.45, 7) is 6.20. The number of aryl methyl sites for hydroxylation is 1. The van der Waals surface area contributed by atoms with Crippen LogP contribution >= 0.6 is 11.3 Å². The minimum Gasteiger partial charge on any atom is -0.357 e. The SMILES string of the molecule is CCNC(=NCc1ccc(-n2cncn2)cc1)NCc1ncc(C)s1. The van der Waals surface area contributed by atoms with E-state index in [2.05, 4.69) is 44.5 Å². The lowest BCUT2D eigenvalue weighted by molar-refractivity contribution is 0.811. The maximum atomic E-state index is 4.63. The van der Waals surface area contributed by atoms with E-state index in [4.69, 9.17) is 0 Å². The molecule has 0 saturated carbocycles. The van der Waals surface area contributed by atoms with Crippen molar-refractivity contribution in [3.8, 4) is 5.69 Å². The van der Waals surface area contributed by atoms with Gasteiger partial charge in [-0.05, 0) is 31.5 Å². The Bertz CT molecular complexity index is 806. The van der Waals surface area contributed by atoms with Crippen LogP contribution in [-0.4, -0.2) is 32.3 Å². The maximum absolute atomic E-state index is 4.63. The Morgan fingerprint density at radius 1 is 1.24 bits per heavy atom. The molecular formula is C17H21N7S. The van der Waals surface area contributed by atoms with Crippen LogP contribution in [0, 0.1) is 6.92 Å². The monoisotopic (exact) mass is 355 g/mol. The fraction of sp³-hybridized carbons (Fsp3) is 0.294. The van der Waals surface area contributed by atoms with Crippen molar-refractivity contribution in [2.75, 3.05) is 6.54 Å². The average Bonchev–Trinajstić information content (AvgIpc) is 3.30. The molecule has 0 aliphatic rings. The van der Waals surface area contributed by atoms with E-state index in [0.717, 1.165) is 28.8 Å². The molecule has 0 aliphatic heterocycles. The Kier molecular flexibility index (Phi) is 5.73. The first-order valence-corrected chi connectivity index (χ1v) is 8.93. The highest BCUT2D eigenvalue weighted by Gasteiger charge is 2.02. The van der Waals surface area contributed by atoms with Crippen LogP contribution in [0.25, 0.3) is 5.69 Å². The molecule has 7 nitrogen and oxygen atoms in total. The van der Waals surface area contributed by atoms with Crippen LogP contribution in [0.5, 0.6) is 0 Å². The summed E-state index contributed by atoms with van der Waals surface area (Å²) >= 11 is 1.69. The first-order chi connectivity index (χ1) is 12.2. The van der Waals surface area contributed by atoms with Crippen molar-refractivity contribution >= 4 is 17.3 Å². The van der Waals surface area contributed by atoms with E-state index in [1.54, 1.807) is 22.3 Å². The van der Waals surface area contributed by atoms with Gasteiger partial charge in [0.05, 0.1) is 18.8 Å². The summed E-state index contributed by atoms with van der Waals surface area (Å²) in [6.07, 6.45) is 5.10. The van der Waals surface area contributed by atoms with Gasteiger partial charge < -0.3 is 10.6 Å². The highest BCUT2D eigenvalue weighted by Crippen LogP contribution is 2.11. The second-order valence-corrected chi connectivity index (χ2v) is 6.74. The highest BCUT2D eigenvalue weighted by molar-refractivity contribution is 7.11. The van der Waals surface area contributed by atoms with Crippen LogP contribution in [0.2, 0.25) is 0 Å². The van der Waals surface area contributed by atoms with Gasteiger partial charge >= 0.3 is 0 Å². The number of aromatic nitrogens is 4. The fourth-order valence-electron chi connectivity index (χ4n) is 2.25. The molecule has 0 bridgehead atoms. The molecule has 0 aliphatic carbocycles. The Hall–Kier alpha value is -2.74. The first-order valence-electron chi connectivity index (χ1n) is 8.12. The van der Waals surface area contributed by atoms with Gasteiger partial charge in [0.15, 0.2) is 5.96 Å². The number of thiazole rings is 1. The van der Waals surface area contributed by atoms with Crippen LogP contribution in [-0.2, 0) is 13.1 Å². The lowest BCUT2D eigenvalue weighted by Crippen LogP contribution is -2.36. The third kappa shape index (κ3) is 4.87. The van der Waals surface area contributed by atoms with Gasteiger partial charge in [-0.3, -0.25) is 0 Å². The third-order valence-corrected chi connectivity index (χ3v) is 4.37. The van der Waals surface area contributed by atoms with Crippen LogP contribution in [0.1, 0.15) is 22.4 Å². The predicted molar refractivity (Wildman–Crippen MR) is 99.9 cm³/mol. The minimum atomic E-state index is 0.601. The number of aliphatic imine (C=N–C) groups is 1. The fourth-order valence-corrected chi connectivity index (χ4v) is 2.98. The molecular weight excluding hydrogens is 334 g/mol. The standard InChI is InChI=1S/C17H21N7S/c1-3-19-17(22-10-16-20-8-13(2)25-16)21-9-14-4-6-15(7-5-14)24-12-18-11-23-24/h4-8,11-12H,3,9-10H2,1-2H3,(H2,19,21,22). The summed E-state index contributed by atoms with van der Waals surface area (Å²) in [4.78, 5) is 14.2. The largest absolute Gasteiger partial charge is 0.357 e. The Labute approximate surface area is 150 Å². The lowest BCUT2D eigenvalue weighted by Gasteiger charge is -2.10. The lowest BCUT2D eigenvalue weighted by atomic mass is 10.2. The van der Waals surface area contributed by atoms with E-state index >= 15 is 0 Å². The zero-order valence-electron chi connectivity index (χ0n) is 14.3. The normalized spacial score (nSPS) is 11.5. The topological polar surface area (TPSA) is 80.0 Å². The second kappa shape index (κ2) is 8.39. The molecule has 130 valence electrons. The molecule has 0 radical (unpaired) electrons. The zero-order valence-corrected chi connectivity index (χ0v) is 15.1. The smallest absolute Gasteiger partial charge is 0.191 e. The molecule has 25 heavy (non-hydrogen) atoms. The van der Waals surface area contributed by atoms with Gasteiger partial charge in [-0.25, -0.2) is 19.6 Å². The number of nitrogens with zero attached hydrogens (tertiary/aromatic N) is 5. The van der Waals surface area contributed by atoms with Gasteiger partial charge in [0.1, 0.15) is 17.7 Å². The molecule has 2 aromatic heterocycles. The van der Waals surface area contributed by atoms with E-state index < -0.39 is 0 Å². The van der Waals surface area contributed by atoms with Crippen molar-refractivity contribution in [1.29, 1.82) is 0 Å². The van der Waals surface area contributed by atoms with Gasteiger partial charge in [0.2, 0.25) is 0 Å². The van der Waals surface area contributed by atoms with Crippen molar-refractivity contribution in [3.63, 3.8) is 0 Å². The van der Waals surface area contributed by atoms with Gasteiger partial charge in [-0.2, -0.15) is 5.10 Å². The Morgan fingerprint density at radius 3 is 2.72 bits per heavy atom. The van der Waals surface area contributed by atoms with Gasteiger partial charge in [-0.1, -0.05) is 12.1 Å². The third-order valence-electron chi connectivity index (χ3n) is 3.46. The van der Waals surface area contributed by atoms with Gasteiger partial charge in [-0.15, -0.1) is 11.3 Å². The summed E-state index contributed by atoms with van der Waals surface area (Å²) in [5.74, 6) is 0.788. The summed E-state index contributed by atoms with van der Waals surface area (Å²) in [5, 5.41) is 11.8. The molecule has 2 N–H and O–H groups in total. The molecule has 0 saturated heterocycles. The average molecular weight is 355 g/mol. The summed E-state index contributed by atoms with van der Waals surface area (Å²) in [6, 6.07) is 8.12. The summed E-state index contributed by atoms with van der Waals surface area (Å²) in [7, 11) is 0. The molecule has 1 aromatic carbocycles. The van der Waals surface area contributed by atoms with E-state index in [0.29, 0.717) is 13.1 Å². The molecule has 3 rings (SSSR count). The number of hydrogen-bond acceptors (Lipinski definition) is 5. The van der Waals surface area contributed by atoms with Crippen LogP contribution in [0.4, 0.5) is 0 Å². The number of hydrogen-bond donors (Lipinski definition) is 2. The van der Waals surface area contributed by atoms with Crippen molar-refractivity contribution in [2.45, 2.75) is 26.9 Å². The molecule has 2 heterocycles. The summed E-state index contributed by atoms with van der Waals surface area (Å²) < 4.78 is 1.73. The molecule has 0 unspecified atom stereocenters. The number of rotatable bonds is 6. The maximum Gasteiger partial charge on any atom is 0.191 e. The van der Waals surface area contributed by atoms with Crippen LogP contribution in [0.3, 0.4) is 0 Å². The summed E-state index contributed by atoms with van der Waals surface area (Å²) in [5.41, 5.74) is 2.11. The molecule has 0 spiro atoms. The zero-order chi connectivity index (χ0) is 17.5. The van der Waals surface area contributed by atoms with E-state index in [9.17, 15) is 0 Å². The van der Waals surface area contributed by atoms with Crippen molar-refractivity contribution < 1.29 is 0 Å². The number of benzene rings is 1. The number of guanidine groups is 1. The Morgan fingerprint density at radius 2 is 2.08 bits per heavy atom. The molecule has 0 atom stereocenters. The van der Waals surface area contributed by atoms with E-state index in [-0.39, 0.29) is 0 Å². The van der Waals surface area contributed by atoms with E-state index in [1.807, 2.05) is 30.5 Å². The first kappa shape index (κ1) is 17.1. The van der Waals surface area contributed by atoms with E-state index in [1.165, 1.54) is 11.2 Å². The van der Waals surface area contributed by atoms with Gasteiger partial charge in [0.25, 0.3) is 0 Å². The van der Waals surface area contributed by atoms with Crippen LogP contribution in [0.15, 0.2) is 48.1 Å². The van der Waals surface area contributed by atoms with Crippen molar-refractivity contribution in [2.24, 2.45) is 4.99 Å². The van der Waals surface area contributed by atoms with Crippen LogP contribution < -0.4 is 10.6 Å². The number of nitrogens with one attached hydrogen (secondary N) is 2. The molecule has 0 fully saturated rings. The molecule has 3 aromatic rings. The predicted octanol–water partition coefficient (Wildman–Crippen LogP) is 2.29. The van der Waals surface area contributed by atoms with Gasteiger partial charge in [0, 0.05) is 17.6 Å². The van der Waals surface area contributed by atoms with Crippen molar-refractivity contribution in [3.05, 3.63) is 58.6 Å².